The third kappa shape index (κ3) is 1.75. The van der Waals surface area contributed by atoms with Crippen LogP contribution >= 0.6 is 22.9 Å². The molecule has 0 amide bonds. The van der Waals surface area contributed by atoms with Gasteiger partial charge in [-0.2, -0.15) is 0 Å². The molecule has 13 heavy (non-hydrogen) atoms. The van der Waals surface area contributed by atoms with Crippen LogP contribution in [0, 0.1) is 0 Å². The highest BCUT2D eigenvalue weighted by Gasteiger charge is 2.07. The van der Waals surface area contributed by atoms with Crippen molar-refractivity contribution in [3.8, 4) is 10.8 Å². The Bertz CT molecular complexity index is 410. The molecule has 0 saturated carbocycles. The number of oxazole rings is 1. The second-order valence-corrected chi connectivity index (χ2v) is 4.11. The summed E-state index contributed by atoms with van der Waals surface area (Å²) in [5, 5.41) is 8.75. The first kappa shape index (κ1) is 8.74. The maximum absolute atomic E-state index is 8.75. The fraction of sp³-hybridized carbons (Fsp3) is 0.125. The summed E-state index contributed by atoms with van der Waals surface area (Å²) in [7, 11) is 0. The number of aliphatic hydroxyl groups excluding tert-OH is 1. The van der Waals surface area contributed by atoms with Gasteiger partial charge in [0, 0.05) is 0 Å². The minimum atomic E-state index is -0.133. The van der Waals surface area contributed by atoms with Crippen LogP contribution in [0.1, 0.15) is 5.76 Å². The van der Waals surface area contributed by atoms with Crippen molar-refractivity contribution < 1.29 is 9.52 Å². The van der Waals surface area contributed by atoms with E-state index in [1.54, 1.807) is 6.07 Å². The lowest BCUT2D eigenvalue weighted by Crippen LogP contribution is -1.73. The highest BCUT2D eigenvalue weighted by atomic mass is 35.5. The van der Waals surface area contributed by atoms with E-state index in [1.165, 1.54) is 17.5 Å². The van der Waals surface area contributed by atoms with Crippen molar-refractivity contribution in [2.75, 3.05) is 0 Å². The molecule has 0 aliphatic heterocycles. The van der Waals surface area contributed by atoms with Crippen molar-refractivity contribution in [1.29, 1.82) is 0 Å². The van der Waals surface area contributed by atoms with Gasteiger partial charge < -0.3 is 9.52 Å². The molecule has 0 fully saturated rings. The minimum absolute atomic E-state index is 0.133. The van der Waals surface area contributed by atoms with E-state index < -0.39 is 0 Å². The molecule has 68 valence electrons. The van der Waals surface area contributed by atoms with Crippen molar-refractivity contribution in [1.82, 2.24) is 4.98 Å². The molecular formula is C8H6ClNO2S. The van der Waals surface area contributed by atoms with Crippen molar-refractivity contribution in [2.24, 2.45) is 0 Å². The summed E-state index contributed by atoms with van der Waals surface area (Å²) >= 11 is 7.14. The standard InChI is InChI=1S/C8H6ClNO2S/c9-7-2-1-6(13-7)8-10-3-5(4-11)12-8/h1-3,11H,4H2. The zero-order chi connectivity index (χ0) is 9.26. The van der Waals surface area contributed by atoms with E-state index in [0.717, 1.165) is 4.88 Å². The highest BCUT2D eigenvalue weighted by molar-refractivity contribution is 7.19. The maximum Gasteiger partial charge on any atom is 0.236 e. The molecule has 5 heteroatoms. The van der Waals surface area contributed by atoms with Gasteiger partial charge in [-0.1, -0.05) is 11.6 Å². The van der Waals surface area contributed by atoms with Crippen molar-refractivity contribution in [3.63, 3.8) is 0 Å². The van der Waals surface area contributed by atoms with Gasteiger partial charge in [0.15, 0.2) is 0 Å². The Morgan fingerprint density at radius 3 is 2.92 bits per heavy atom. The van der Waals surface area contributed by atoms with Crippen LogP contribution in [0.15, 0.2) is 22.7 Å². The van der Waals surface area contributed by atoms with Gasteiger partial charge >= 0.3 is 0 Å². The molecule has 0 saturated heterocycles. The zero-order valence-electron chi connectivity index (χ0n) is 6.53. The summed E-state index contributed by atoms with van der Waals surface area (Å²) in [4.78, 5) is 4.86. The van der Waals surface area contributed by atoms with E-state index in [1.807, 2.05) is 6.07 Å². The summed E-state index contributed by atoms with van der Waals surface area (Å²) in [6.45, 7) is -0.133. The Morgan fingerprint density at radius 2 is 2.38 bits per heavy atom. The van der Waals surface area contributed by atoms with Crippen LogP contribution in [0.4, 0.5) is 0 Å². The smallest absolute Gasteiger partial charge is 0.236 e. The maximum atomic E-state index is 8.75. The van der Waals surface area contributed by atoms with Crippen LogP contribution in [0.2, 0.25) is 4.34 Å². The summed E-state index contributed by atoms with van der Waals surface area (Å²) in [6.07, 6.45) is 1.50. The van der Waals surface area contributed by atoms with E-state index in [4.69, 9.17) is 21.1 Å². The number of rotatable bonds is 2. The number of hydrogen-bond acceptors (Lipinski definition) is 4. The molecule has 3 nitrogen and oxygen atoms in total. The molecule has 2 heterocycles. The lowest BCUT2D eigenvalue weighted by Gasteiger charge is -1.87. The molecule has 2 aromatic rings. The Morgan fingerprint density at radius 1 is 1.54 bits per heavy atom. The van der Waals surface area contributed by atoms with Crippen LogP contribution < -0.4 is 0 Å². The number of hydrogen-bond donors (Lipinski definition) is 1. The van der Waals surface area contributed by atoms with E-state index in [9.17, 15) is 0 Å². The molecule has 1 N–H and O–H groups in total. The number of aliphatic hydroxyl groups is 1. The van der Waals surface area contributed by atoms with Gasteiger partial charge in [-0.25, -0.2) is 4.98 Å². The molecule has 0 atom stereocenters. The average Bonchev–Trinajstić information content (AvgIpc) is 2.71. The fourth-order valence-electron chi connectivity index (χ4n) is 0.924. The monoisotopic (exact) mass is 215 g/mol. The molecular weight excluding hydrogens is 210 g/mol. The third-order valence-corrected chi connectivity index (χ3v) is 2.71. The Balaban J connectivity index is 2.35. The van der Waals surface area contributed by atoms with Crippen LogP contribution in [0.25, 0.3) is 10.8 Å². The predicted molar refractivity (Wildman–Crippen MR) is 50.7 cm³/mol. The second-order valence-electron chi connectivity index (χ2n) is 2.39. The Hall–Kier alpha value is -0.840. The summed E-state index contributed by atoms with van der Waals surface area (Å²) in [5.74, 6) is 0.959. The number of halogens is 1. The number of thiophene rings is 1. The molecule has 0 spiro atoms. The van der Waals surface area contributed by atoms with Gasteiger partial charge in [0.25, 0.3) is 0 Å². The van der Waals surface area contributed by atoms with E-state index >= 15 is 0 Å². The van der Waals surface area contributed by atoms with E-state index in [2.05, 4.69) is 4.98 Å². The van der Waals surface area contributed by atoms with Crippen LogP contribution in [0.5, 0.6) is 0 Å². The minimum Gasteiger partial charge on any atom is -0.438 e. The Labute approximate surface area is 83.6 Å². The van der Waals surface area contributed by atoms with Gasteiger partial charge in [-0.15, -0.1) is 11.3 Å². The van der Waals surface area contributed by atoms with Gasteiger partial charge in [-0.05, 0) is 12.1 Å². The molecule has 0 bridgehead atoms. The number of aromatic nitrogens is 1. The van der Waals surface area contributed by atoms with Gasteiger partial charge in [-0.3, -0.25) is 0 Å². The summed E-state index contributed by atoms with van der Waals surface area (Å²) < 4.78 is 5.92. The zero-order valence-corrected chi connectivity index (χ0v) is 8.10. The predicted octanol–water partition coefficient (Wildman–Crippen LogP) is 2.55. The second kappa shape index (κ2) is 3.49. The first-order valence-electron chi connectivity index (χ1n) is 3.61. The van der Waals surface area contributed by atoms with E-state index in [0.29, 0.717) is 16.0 Å². The SMILES string of the molecule is OCc1cnc(-c2ccc(Cl)s2)o1. The van der Waals surface area contributed by atoms with Crippen LogP contribution in [-0.4, -0.2) is 10.1 Å². The molecule has 0 aliphatic carbocycles. The van der Waals surface area contributed by atoms with Crippen molar-refractivity contribution in [2.45, 2.75) is 6.61 Å². The average molecular weight is 216 g/mol. The highest BCUT2D eigenvalue weighted by Crippen LogP contribution is 2.30. The number of nitrogens with zero attached hydrogens (tertiary/aromatic N) is 1. The molecule has 2 aromatic heterocycles. The largest absolute Gasteiger partial charge is 0.438 e. The van der Waals surface area contributed by atoms with Gasteiger partial charge in [0.05, 0.1) is 15.4 Å². The Kier molecular flexibility index (Phi) is 2.35. The quantitative estimate of drug-likeness (QED) is 0.838. The fourth-order valence-corrected chi connectivity index (χ4v) is 1.90. The van der Waals surface area contributed by atoms with Gasteiger partial charge in [0.1, 0.15) is 12.4 Å². The normalized spacial score (nSPS) is 10.6. The van der Waals surface area contributed by atoms with Crippen LogP contribution in [-0.2, 0) is 6.61 Å². The molecule has 0 aliphatic rings. The first-order chi connectivity index (χ1) is 6.29. The summed E-state index contributed by atoms with van der Waals surface area (Å²) in [5.41, 5.74) is 0. The topological polar surface area (TPSA) is 46.3 Å². The lowest BCUT2D eigenvalue weighted by molar-refractivity contribution is 0.249. The molecule has 0 radical (unpaired) electrons. The molecule has 0 unspecified atom stereocenters. The van der Waals surface area contributed by atoms with Crippen molar-refractivity contribution in [3.05, 3.63) is 28.4 Å². The first-order valence-corrected chi connectivity index (χ1v) is 4.80. The van der Waals surface area contributed by atoms with E-state index in [-0.39, 0.29) is 6.61 Å². The third-order valence-electron chi connectivity index (χ3n) is 1.49. The molecule has 0 aromatic carbocycles. The summed E-state index contributed by atoms with van der Waals surface area (Å²) in [6, 6.07) is 3.62. The van der Waals surface area contributed by atoms with Gasteiger partial charge in [0.2, 0.25) is 5.89 Å². The van der Waals surface area contributed by atoms with Crippen molar-refractivity contribution >= 4 is 22.9 Å². The molecule has 2 rings (SSSR count). The lowest BCUT2D eigenvalue weighted by atomic mass is 10.5. The van der Waals surface area contributed by atoms with Crippen LogP contribution in [0.3, 0.4) is 0 Å².